The number of carbonyl (C=O) groups excluding carboxylic acids is 1. The lowest BCUT2D eigenvalue weighted by Crippen LogP contribution is -2.19. The fourth-order valence-electron chi connectivity index (χ4n) is 0.871. The van der Waals surface area contributed by atoms with Gasteiger partial charge in [0.15, 0.2) is 5.17 Å². The van der Waals surface area contributed by atoms with Crippen molar-refractivity contribution >= 4 is 28.5 Å². The minimum atomic E-state index is -0.00676. The smallest absolute Gasteiger partial charge is 0.236 e. The highest BCUT2D eigenvalue weighted by Crippen LogP contribution is 2.08. The van der Waals surface area contributed by atoms with E-state index in [-0.39, 0.29) is 5.91 Å². The zero-order valence-electron chi connectivity index (χ0n) is 8.12. The predicted octanol–water partition coefficient (Wildman–Crippen LogP) is 1.55. The molecule has 1 N–H and O–H groups in total. The van der Waals surface area contributed by atoms with Gasteiger partial charge in [-0.3, -0.25) is 4.79 Å². The number of amidine groups is 1. The average molecular weight is 211 g/mol. The number of thioether (sulfide) groups is 1. The van der Waals surface area contributed by atoms with Gasteiger partial charge >= 0.3 is 0 Å². The molecular weight excluding hydrogens is 198 g/mol. The molecule has 0 aliphatic carbocycles. The summed E-state index contributed by atoms with van der Waals surface area (Å²) in [6.45, 7) is 5.54. The van der Waals surface area contributed by atoms with Gasteiger partial charge in [0.05, 0.1) is 5.75 Å². The highest BCUT2D eigenvalue weighted by Gasteiger charge is 2.15. The summed E-state index contributed by atoms with van der Waals surface area (Å²) in [7, 11) is 0. The standard InChI is InChI=1S/C9H13N3OS/c1-3-4-5-7(2)11-12-9-10-8(13)6-14-9/h3H,1,4-6H2,2H3,(H,10,12,13)/b11-7-. The molecule has 0 saturated carbocycles. The Kier molecular flexibility index (Phi) is 4.39. The van der Waals surface area contributed by atoms with Crippen LogP contribution >= 0.6 is 11.8 Å². The normalized spacial score (nSPS) is 19.9. The van der Waals surface area contributed by atoms with Crippen molar-refractivity contribution in [3.63, 3.8) is 0 Å². The third-order valence-corrected chi connectivity index (χ3v) is 2.47. The molecule has 0 atom stereocenters. The number of rotatable bonds is 4. The average Bonchev–Trinajstić information content (AvgIpc) is 2.58. The van der Waals surface area contributed by atoms with Crippen molar-refractivity contribution in [2.24, 2.45) is 10.2 Å². The van der Waals surface area contributed by atoms with Crippen LogP contribution in [0.5, 0.6) is 0 Å². The van der Waals surface area contributed by atoms with E-state index >= 15 is 0 Å². The number of allylic oxidation sites excluding steroid dienone is 1. The Morgan fingerprint density at radius 2 is 2.57 bits per heavy atom. The van der Waals surface area contributed by atoms with Crippen LogP contribution in [0.2, 0.25) is 0 Å². The van der Waals surface area contributed by atoms with Crippen LogP contribution < -0.4 is 5.32 Å². The van der Waals surface area contributed by atoms with Gasteiger partial charge in [-0.05, 0) is 19.8 Å². The summed E-state index contributed by atoms with van der Waals surface area (Å²) in [5, 5.41) is 11.1. The van der Waals surface area contributed by atoms with E-state index < -0.39 is 0 Å². The molecule has 0 spiro atoms. The quantitative estimate of drug-likeness (QED) is 0.436. The highest BCUT2D eigenvalue weighted by molar-refractivity contribution is 8.15. The van der Waals surface area contributed by atoms with E-state index in [1.54, 1.807) is 0 Å². The van der Waals surface area contributed by atoms with Crippen molar-refractivity contribution in [1.29, 1.82) is 0 Å². The van der Waals surface area contributed by atoms with Crippen LogP contribution in [0.1, 0.15) is 19.8 Å². The van der Waals surface area contributed by atoms with Crippen molar-refractivity contribution in [2.45, 2.75) is 19.8 Å². The Labute approximate surface area is 87.6 Å². The van der Waals surface area contributed by atoms with Crippen LogP contribution in [0.25, 0.3) is 0 Å². The first-order valence-corrected chi connectivity index (χ1v) is 5.35. The van der Waals surface area contributed by atoms with Crippen LogP contribution in [0.4, 0.5) is 0 Å². The number of carbonyl (C=O) groups is 1. The van der Waals surface area contributed by atoms with Gasteiger partial charge in [-0.1, -0.05) is 17.8 Å². The van der Waals surface area contributed by atoms with Gasteiger partial charge in [-0.2, -0.15) is 5.10 Å². The van der Waals surface area contributed by atoms with Crippen LogP contribution in [-0.2, 0) is 4.79 Å². The van der Waals surface area contributed by atoms with E-state index in [0.29, 0.717) is 10.9 Å². The number of hydrogen-bond acceptors (Lipinski definition) is 4. The zero-order valence-corrected chi connectivity index (χ0v) is 8.93. The minimum absolute atomic E-state index is 0.00676. The first-order valence-electron chi connectivity index (χ1n) is 4.37. The molecule has 0 aromatic heterocycles. The van der Waals surface area contributed by atoms with Gasteiger partial charge in [-0.25, -0.2) is 0 Å². The predicted molar refractivity (Wildman–Crippen MR) is 60.6 cm³/mol. The number of hydrogen-bond donors (Lipinski definition) is 1. The molecule has 0 unspecified atom stereocenters. The van der Waals surface area contributed by atoms with Crippen molar-refractivity contribution in [3.05, 3.63) is 12.7 Å². The van der Waals surface area contributed by atoms with Crippen molar-refractivity contribution < 1.29 is 4.79 Å². The highest BCUT2D eigenvalue weighted by atomic mass is 32.2. The molecule has 0 aromatic carbocycles. The SMILES string of the molecule is C=CCC/C(C)=N\N=C1/NC(=O)CS1. The molecule has 1 amide bonds. The van der Waals surface area contributed by atoms with Gasteiger partial charge in [-0.15, -0.1) is 11.7 Å². The van der Waals surface area contributed by atoms with Crippen LogP contribution in [0.15, 0.2) is 22.9 Å². The molecule has 5 heteroatoms. The van der Waals surface area contributed by atoms with Gasteiger partial charge in [0.2, 0.25) is 5.91 Å². The third kappa shape index (κ3) is 3.74. The maximum Gasteiger partial charge on any atom is 0.236 e. The Hall–Kier alpha value is -1.10. The van der Waals surface area contributed by atoms with Crippen LogP contribution in [-0.4, -0.2) is 22.5 Å². The Morgan fingerprint density at radius 1 is 1.79 bits per heavy atom. The maximum absolute atomic E-state index is 10.8. The summed E-state index contributed by atoms with van der Waals surface area (Å²) < 4.78 is 0. The fourth-order valence-corrected chi connectivity index (χ4v) is 1.50. The summed E-state index contributed by atoms with van der Waals surface area (Å²) in [4.78, 5) is 10.8. The summed E-state index contributed by atoms with van der Waals surface area (Å²) in [6.07, 6.45) is 3.61. The maximum atomic E-state index is 10.8. The summed E-state index contributed by atoms with van der Waals surface area (Å²) >= 11 is 1.38. The van der Waals surface area contributed by atoms with Crippen molar-refractivity contribution in [2.75, 3.05) is 5.75 Å². The first kappa shape index (κ1) is 11.0. The minimum Gasteiger partial charge on any atom is -0.303 e. The van der Waals surface area contributed by atoms with E-state index in [2.05, 4.69) is 22.1 Å². The Morgan fingerprint density at radius 3 is 3.14 bits per heavy atom. The molecule has 1 fully saturated rings. The largest absolute Gasteiger partial charge is 0.303 e. The zero-order chi connectivity index (χ0) is 10.4. The molecule has 1 saturated heterocycles. The number of nitrogens with one attached hydrogen (secondary N) is 1. The molecule has 4 nitrogen and oxygen atoms in total. The van der Waals surface area contributed by atoms with E-state index in [4.69, 9.17) is 0 Å². The Bertz CT molecular complexity index is 296. The fraction of sp³-hybridized carbons (Fsp3) is 0.444. The van der Waals surface area contributed by atoms with E-state index in [9.17, 15) is 4.79 Å². The molecule has 1 aliphatic rings. The molecular formula is C9H13N3OS. The van der Waals surface area contributed by atoms with Crippen LogP contribution in [0, 0.1) is 0 Å². The Balaban J connectivity index is 2.43. The van der Waals surface area contributed by atoms with E-state index in [0.717, 1.165) is 18.6 Å². The molecule has 1 aliphatic heterocycles. The molecule has 0 bridgehead atoms. The van der Waals surface area contributed by atoms with Crippen molar-refractivity contribution in [1.82, 2.24) is 5.32 Å². The van der Waals surface area contributed by atoms with E-state index in [1.807, 2.05) is 13.0 Å². The summed E-state index contributed by atoms with van der Waals surface area (Å²) in [5.41, 5.74) is 0.944. The monoisotopic (exact) mass is 211 g/mol. The lowest BCUT2D eigenvalue weighted by molar-refractivity contribution is -0.116. The molecule has 0 radical (unpaired) electrons. The van der Waals surface area contributed by atoms with Gasteiger partial charge in [0.1, 0.15) is 0 Å². The third-order valence-electron chi connectivity index (χ3n) is 1.61. The molecule has 0 aromatic rings. The van der Waals surface area contributed by atoms with Gasteiger partial charge in [0.25, 0.3) is 0 Å². The molecule has 14 heavy (non-hydrogen) atoms. The summed E-state index contributed by atoms with van der Waals surface area (Å²) in [5.74, 6) is 0.438. The topological polar surface area (TPSA) is 53.8 Å². The molecule has 76 valence electrons. The number of nitrogens with zero attached hydrogens (tertiary/aromatic N) is 2. The summed E-state index contributed by atoms with van der Waals surface area (Å²) in [6, 6.07) is 0. The second-order valence-corrected chi connectivity index (χ2v) is 3.87. The lowest BCUT2D eigenvalue weighted by Gasteiger charge is -1.94. The second kappa shape index (κ2) is 5.59. The molecule has 1 rings (SSSR count). The van der Waals surface area contributed by atoms with Crippen molar-refractivity contribution in [3.8, 4) is 0 Å². The van der Waals surface area contributed by atoms with E-state index in [1.165, 1.54) is 11.8 Å². The van der Waals surface area contributed by atoms with Gasteiger partial charge < -0.3 is 5.32 Å². The number of amides is 1. The lowest BCUT2D eigenvalue weighted by atomic mass is 10.2. The first-order chi connectivity index (χ1) is 6.72. The van der Waals surface area contributed by atoms with Gasteiger partial charge in [0, 0.05) is 5.71 Å². The van der Waals surface area contributed by atoms with Crippen LogP contribution in [0.3, 0.4) is 0 Å². The molecule has 1 heterocycles. The second-order valence-electron chi connectivity index (χ2n) is 2.90.